The third kappa shape index (κ3) is 4.31. The first kappa shape index (κ1) is 9.42. The molecule has 0 aromatic carbocycles. The van der Waals surface area contributed by atoms with E-state index in [0.29, 0.717) is 0 Å². The van der Waals surface area contributed by atoms with E-state index in [1.54, 1.807) is 0 Å². The Morgan fingerprint density at radius 1 is 1.60 bits per heavy atom. The second-order valence-corrected chi connectivity index (χ2v) is 4.52. The van der Waals surface area contributed by atoms with E-state index in [2.05, 4.69) is 0 Å². The number of sulfone groups is 1. The Balaban J connectivity index is 4.06. The van der Waals surface area contributed by atoms with Gasteiger partial charge in [-0.3, -0.25) is 4.79 Å². The van der Waals surface area contributed by atoms with E-state index in [0.717, 1.165) is 6.26 Å². The van der Waals surface area contributed by atoms with Gasteiger partial charge in [-0.25, -0.2) is 8.42 Å². The van der Waals surface area contributed by atoms with Crippen LogP contribution in [0.4, 0.5) is 0 Å². The first-order valence-corrected chi connectivity index (χ1v) is 4.79. The summed E-state index contributed by atoms with van der Waals surface area (Å²) in [6.45, 7) is 1.36. The SMILES string of the molecule is C[C@@H](CS(C)(=O)=O)C(=O)O. The molecule has 0 rings (SSSR count). The summed E-state index contributed by atoms with van der Waals surface area (Å²) in [5.74, 6) is -2.18. The van der Waals surface area contributed by atoms with Gasteiger partial charge >= 0.3 is 5.97 Å². The normalized spacial score (nSPS) is 14.6. The monoisotopic (exact) mass is 166 g/mol. The molecule has 0 aliphatic heterocycles. The van der Waals surface area contributed by atoms with Gasteiger partial charge in [0.25, 0.3) is 0 Å². The Morgan fingerprint density at radius 3 is 2.10 bits per heavy atom. The minimum atomic E-state index is -3.15. The van der Waals surface area contributed by atoms with Crippen LogP contribution in [-0.4, -0.2) is 31.5 Å². The summed E-state index contributed by atoms with van der Waals surface area (Å²) in [5, 5.41) is 8.28. The lowest BCUT2D eigenvalue weighted by molar-refractivity contribution is -0.140. The number of hydrogen-bond acceptors (Lipinski definition) is 3. The lowest BCUT2D eigenvalue weighted by atomic mass is 10.2. The van der Waals surface area contributed by atoms with Crippen LogP contribution in [0.3, 0.4) is 0 Å². The van der Waals surface area contributed by atoms with Gasteiger partial charge in [-0.1, -0.05) is 6.92 Å². The topological polar surface area (TPSA) is 71.4 Å². The first-order valence-electron chi connectivity index (χ1n) is 2.73. The van der Waals surface area contributed by atoms with Crippen LogP contribution in [0.25, 0.3) is 0 Å². The summed E-state index contributed by atoms with van der Waals surface area (Å²) in [5.41, 5.74) is 0. The number of rotatable bonds is 3. The molecular weight excluding hydrogens is 156 g/mol. The van der Waals surface area contributed by atoms with Gasteiger partial charge in [0, 0.05) is 6.26 Å². The van der Waals surface area contributed by atoms with Gasteiger partial charge in [0.15, 0.2) is 0 Å². The van der Waals surface area contributed by atoms with Crippen LogP contribution in [0, 0.1) is 5.92 Å². The molecule has 0 fully saturated rings. The molecule has 4 nitrogen and oxygen atoms in total. The van der Waals surface area contributed by atoms with Gasteiger partial charge in [-0.2, -0.15) is 0 Å². The average Bonchev–Trinajstić information content (AvgIpc) is 1.60. The van der Waals surface area contributed by atoms with Crippen LogP contribution >= 0.6 is 0 Å². The molecule has 0 bridgehead atoms. The molecule has 0 radical (unpaired) electrons. The van der Waals surface area contributed by atoms with Crippen molar-refractivity contribution in [3.8, 4) is 0 Å². The molecule has 0 unspecified atom stereocenters. The van der Waals surface area contributed by atoms with E-state index >= 15 is 0 Å². The van der Waals surface area contributed by atoms with Crippen molar-refractivity contribution in [2.45, 2.75) is 6.92 Å². The highest BCUT2D eigenvalue weighted by molar-refractivity contribution is 7.90. The molecule has 60 valence electrons. The van der Waals surface area contributed by atoms with Crippen LogP contribution in [0.15, 0.2) is 0 Å². The van der Waals surface area contributed by atoms with E-state index in [-0.39, 0.29) is 5.75 Å². The summed E-state index contributed by atoms with van der Waals surface area (Å²) in [6, 6.07) is 0. The standard InChI is InChI=1S/C5H10O4S/c1-4(5(6)7)3-10(2,8)9/h4H,3H2,1-2H3,(H,6,7)/t4-/m0/s1. The average molecular weight is 166 g/mol. The lowest BCUT2D eigenvalue weighted by Crippen LogP contribution is -2.19. The Labute approximate surface area is 59.8 Å². The maximum atomic E-state index is 10.5. The fraction of sp³-hybridized carbons (Fsp3) is 0.800. The van der Waals surface area contributed by atoms with Gasteiger partial charge in [0.2, 0.25) is 0 Å². The molecule has 1 atom stereocenters. The van der Waals surface area contributed by atoms with Crippen LogP contribution in [0.2, 0.25) is 0 Å². The maximum Gasteiger partial charge on any atom is 0.307 e. The van der Waals surface area contributed by atoms with Crippen molar-refractivity contribution >= 4 is 15.8 Å². The molecule has 0 spiro atoms. The number of aliphatic carboxylic acids is 1. The third-order valence-electron chi connectivity index (χ3n) is 0.974. The van der Waals surface area contributed by atoms with Crippen LogP contribution in [0.1, 0.15) is 6.92 Å². The smallest absolute Gasteiger partial charge is 0.307 e. The van der Waals surface area contributed by atoms with Gasteiger partial charge in [-0.05, 0) is 0 Å². The Hall–Kier alpha value is -0.580. The highest BCUT2D eigenvalue weighted by Crippen LogP contribution is 1.98. The van der Waals surface area contributed by atoms with Crippen molar-refractivity contribution in [2.24, 2.45) is 5.92 Å². The van der Waals surface area contributed by atoms with Crippen LogP contribution < -0.4 is 0 Å². The van der Waals surface area contributed by atoms with Crippen molar-refractivity contribution in [3.05, 3.63) is 0 Å². The number of carbonyl (C=O) groups is 1. The summed E-state index contributed by atoms with van der Waals surface area (Å²) in [6.07, 6.45) is 1.02. The molecular formula is C5H10O4S. The van der Waals surface area contributed by atoms with Crippen molar-refractivity contribution < 1.29 is 18.3 Å². The molecule has 0 aliphatic carbocycles. The van der Waals surface area contributed by atoms with Gasteiger partial charge < -0.3 is 5.11 Å². The van der Waals surface area contributed by atoms with E-state index in [4.69, 9.17) is 5.11 Å². The molecule has 0 saturated heterocycles. The zero-order chi connectivity index (χ0) is 8.36. The third-order valence-corrected chi connectivity index (χ3v) is 2.08. The molecule has 0 saturated carbocycles. The van der Waals surface area contributed by atoms with E-state index in [1.807, 2.05) is 0 Å². The minimum absolute atomic E-state index is 0.289. The lowest BCUT2D eigenvalue weighted by Gasteiger charge is -2.01. The van der Waals surface area contributed by atoms with Crippen molar-refractivity contribution in [3.63, 3.8) is 0 Å². The molecule has 0 aromatic heterocycles. The van der Waals surface area contributed by atoms with Crippen LogP contribution in [0.5, 0.6) is 0 Å². The summed E-state index contributed by atoms with van der Waals surface area (Å²) < 4.78 is 21.0. The van der Waals surface area contributed by atoms with Crippen LogP contribution in [-0.2, 0) is 14.6 Å². The van der Waals surface area contributed by atoms with Gasteiger partial charge in [0.05, 0.1) is 11.7 Å². The summed E-state index contributed by atoms with van der Waals surface area (Å²) >= 11 is 0. The summed E-state index contributed by atoms with van der Waals surface area (Å²) in [4.78, 5) is 10.1. The second kappa shape index (κ2) is 3.01. The number of carboxylic acids is 1. The molecule has 0 amide bonds. The minimum Gasteiger partial charge on any atom is -0.481 e. The predicted octanol–water partition coefficient (Wildman–Crippen LogP) is -0.248. The van der Waals surface area contributed by atoms with Crippen molar-refractivity contribution in [2.75, 3.05) is 12.0 Å². The molecule has 1 N–H and O–H groups in total. The van der Waals surface area contributed by atoms with E-state index in [1.165, 1.54) is 6.92 Å². The fourth-order valence-corrected chi connectivity index (χ4v) is 1.58. The molecule has 0 aromatic rings. The number of carboxylic acid groups (broad SMARTS) is 1. The molecule has 0 heterocycles. The fourth-order valence-electron chi connectivity index (χ4n) is 0.525. The molecule has 5 heteroatoms. The van der Waals surface area contributed by atoms with Crippen molar-refractivity contribution in [1.82, 2.24) is 0 Å². The predicted molar refractivity (Wildman–Crippen MR) is 36.5 cm³/mol. The van der Waals surface area contributed by atoms with Gasteiger partial charge in [0.1, 0.15) is 9.84 Å². The highest BCUT2D eigenvalue weighted by atomic mass is 32.2. The van der Waals surface area contributed by atoms with Gasteiger partial charge in [-0.15, -0.1) is 0 Å². The quantitative estimate of drug-likeness (QED) is 0.627. The number of hydrogen-bond donors (Lipinski definition) is 1. The first-order chi connectivity index (χ1) is 4.33. The highest BCUT2D eigenvalue weighted by Gasteiger charge is 2.16. The Bertz CT molecular complexity index is 216. The maximum absolute atomic E-state index is 10.5. The summed E-state index contributed by atoms with van der Waals surface area (Å²) in [7, 11) is -3.15. The van der Waals surface area contributed by atoms with E-state index in [9.17, 15) is 13.2 Å². The zero-order valence-electron chi connectivity index (χ0n) is 5.86. The largest absolute Gasteiger partial charge is 0.481 e. The van der Waals surface area contributed by atoms with Crippen molar-refractivity contribution in [1.29, 1.82) is 0 Å². The Kier molecular flexibility index (Phi) is 2.83. The second-order valence-electron chi connectivity index (χ2n) is 2.33. The molecule has 0 aliphatic rings. The van der Waals surface area contributed by atoms with E-state index < -0.39 is 21.7 Å². The zero-order valence-corrected chi connectivity index (χ0v) is 6.68. The molecule has 10 heavy (non-hydrogen) atoms. The Morgan fingerprint density at radius 2 is 2.00 bits per heavy atom.